The van der Waals surface area contributed by atoms with Crippen molar-refractivity contribution in [1.29, 1.82) is 0 Å². The molecule has 0 atom stereocenters. The van der Waals surface area contributed by atoms with E-state index in [9.17, 15) is 9.59 Å². The molecule has 122 valence electrons. The van der Waals surface area contributed by atoms with Crippen molar-refractivity contribution in [3.63, 3.8) is 0 Å². The molecule has 1 aromatic heterocycles. The van der Waals surface area contributed by atoms with Crippen molar-refractivity contribution in [3.05, 3.63) is 48.9 Å². The SMILES string of the molecule is CSc1nc(C)c(CCC(=O)Nc2ccc(C)c(I)c2)c(=O)[nH]1. The van der Waals surface area contributed by atoms with E-state index < -0.39 is 0 Å². The van der Waals surface area contributed by atoms with E-state index in [0.29, 0.717) is 22.8 Å². The number of aryl methyl sites for hydroxylation is 2. The molecular weight excluding hydrogens is 425 g/mol. The molecule has 0 spiro atoms. The third kappa shape index (κ3) is 4.81. The van der Waals surface area contributed by atoms with Crippen molar-refractivity contribution in [2.24, 2.45) is 0 Å². The van der Waals surface area contributed by atoms with Crippen molar-refractivity contribution in [1.82, 2.24) is 9.97 Å². The number of amides is 1. The molecule has 2 N–H and O–H groups in total. The Bertz CT molecular complexity index is 789. The highest BCUT2D eigenvalue weighted by Gasteiger charge is 2.11. The lowest BCUT2D eigenvalue weighted by Gasteiger charge is -2.08. The van der Waals surface area contributed by atoms with E-state index in [0.717, 1.165) is 9.26 Å². The second kappa shape index (κ2) is 7.96. The molecule has 1 heterocycles. The third-order valence-electron chi connectivity index (χ3n) is 3.45. The summed E-state index contributed by atoms with van der Waals surface area (Å²) in [5.41, 5.74) is 3.02. The summed E-state index contributed by atoms with van der Waals surface area (Å²) < 4.78 is 1.10. The van der Waals surface area contributed by atoms with Gasteiger partial charge in [0.1, 0.15) is 0 Å². The summed E-state index contributed by atoms with van der Waals surface area (Å²) in [6.45, 7) is 3.82. The van der Waals surface area contributed by atoms with Gasteiger partial charge in [-0.2, -0.15) is 0 Å². The monoisotopic (exact) mass is 443 g/mol. The average Bonchev–Trinajstić information content (AvgIpc) is 2.50. The van der Waals surface area contributed by atoms with Crippen molar-refractivity contribution < 1.29 is 4.79 Å². The van der Waals surface area contributed by atoms with E-state index in [2.05, 4.69) is 37.9 Å². The van der Waals surface area contributed by atoms with Gasteiger partial charge in [-0.3, -0.25) is 9.59 Å². The van der Waals surface area contributed by atoms with E-state index in [1.54, 1.807) is 6.92 Å². The number of aromatic amines is 1. The van der Waals surface area contributed by atoms with E-state index in [1.807, 2.05) is 31.4 Å². The van der Waals surface area contributed by atoms with Gasteiger partial charge in [0, 0.05) is 26.9 Å². The lowest BCUT2D eigenvalue weighted by molar-refractivity contribution is -0.116. The molecule has 0 bridgehead atoms. The van der Waals surface area contributed by atoms with Crippen LogP contribution in [0.3, 0.4) is 0 Å². The number of nitrogens with zero attached hydrogens (tertiary/aromatic N) is 1. The standard InChI is InChI=1S/C16H18IN3O2S/c1-9-4-5-11(8-13(9)17)19-14(21)7-6-12-10(2)18-16(23-3)20-15(12)22/h4-5,8H,6-7H2,1-3H3,(H,19,21)(H,18,20,22). The summed E-state index contributed by atoms with van der Waals surface area (Å²) in [6, 6.07) is 5.78. The van der Waals surface area contributed by atoms with Crippen molar-refractivity contribution >= 4 is 45.9 Å². The van der Waals surface area contributed by atoms with Crippen LogP contribution in [-0.4, -0.2) is 22.1 Å². The quantitative estimate of drug-likeness (QED) is 0.423. The summed E-state index contributed by atoms with van der Waals surface area (Å²) >= 11 is 3.62. The maximum atomic E-state index is 12.1. The Kier molecular flexibility index (Phi) is 6.23. The van der Waals surface area contributed by atoms with Crippen LogP contribution in [-0.2, 0) is 11.2 Å². The van der Waals surface area contributed by atoms with Gasteiger partial charge in [0.15, 0.2) is 5.16 Å². The summed E-state index contributed by atoms with van der Waals surface area (Å²) in [5.74, 6) is -0.114. The first-order valence-electron chi connectivity index (χ1n) is 7.10. The third-order valence-corrected chi connectivity index (χ3v) is 5.19. The summed E-state index contributed by atoms with van der Waals surface area (Å²) in [5, 5.41) is 3.45. The summed E-state index contributed by atoms with van der Waals surface area (Å²) in [7, 11) is 0. The predicted octanol–water partition coefficient (Wildman–Crippen LogP) is 3.28. The molecule has 0 unspecified atom stereocenters. The molecule has 0 radical (unpaired) electrons. The number of H-pyrrole nitrogens is 1. The topological polar surface area (TPSA) is 74.8 Å². The molecule has 0 fully saturated rings. The number of hydrogen-bond donors (Lipinski definition) is 2. The zero-order valence-electron chi connectivity index (χ0n) is 13.2. The lowest BCUT2D eigenvalue weighted by atomic mass is 10.1. The van der Waals surface area contributed by atoms with Crippen molar-refractivity contribution in [3.8, 4) is 0 Å². The van der Waals surface area contributed by atoms with Crippen LogP contribution in [0, 0.1) is 17.4 Å². The fourth-order valence-electron chi connectivity index (χ4n) is 2.11. The van der Waals surface area contributed by atoms with Crippen LogP contribution in [0.4, 0.5) is 5.69 Å². The van der Waals surface area contributed by atoms with Gasteiger partial charge in [-0.15, -0.1) is 0 Å². The van der Waals surface area contributed by atoms with Crippen molar-refractivity contribution in [2.45, 2.75) is 31.8 Å². The first kappa shape index (κ1) is 18.0. The molecule has 2 rings (SSSR count). The second-order valence-electron chi connectivity index (χ2n) is 5.15. The number of hydrogen-bond acceptors (Lipinski definition) is 4. The molecule has 1 aromatic carbocycles. The van der Waals surface area contributed by atoms with E-state index >= 15 is 0 Å². The number of thioether (sulfide) groups is 1. The van der Waals surface area contributed by atoms with Crippen LogP contribution in [0.1, 0.15) is 23.2 Å². The zero-order chi connectivity index (χ0) is 17.0. The fourth-order valence-corrected chi connectivity index (χ4v) is 3.05. The van der Waals surface area contributed by atoms with Gasteiger partial charge in [-0.25, -0.2) is 4.98 Å². The molecular formula is C16H18IN3O2S. The summed E-state index contributed by atoms with van der Waals surface area (Å²) in [4.78, 5) is 31.1. The molecule has 23 heavy (non-hydrogen) atoms. The summed E-state index contributed by atoms with van der Waals surface area (Å²) in [6.07, 6.45) is 2.47. The maximum Gasteiger partial charge on any atom is 0.254 e. The van der Waals surface area contributed by atoms with Gasteiger partial charge < -0.3 is 10.3 Å². The molecule has 1 amide bonds. The van der Waals surface area contributed by atoms with E-state index in [-0.39, 0.29) is 17.9 Å². The Balaban J connectivity index is 2.02. The number of carbonyl (C=O) groups excluding carboxylic acids is 1. The Morgan fingerprint density at radius 1 is 1.39 bits per heavy atom. The Morgan fingerprint density at radius 3 is 2.74 bits per heavy atom. The first-order valence-corrected chi connectivity index (χ1v) is 9.41. The van der Waals surface area contributed by atoms with Gasteiger partial charge >= 0.3 is 0 Å². The van der Waals surface area contributed by atoms with E-state index in [1.165, 1.54) is 17.3 Å². The largest absolute Gasteiger partial charge is 0.326 e. The predicted molar refractivity (Wildman–Crippen MR) is 102 cm³/mol. The molecule has 0 aliphatic rings. The highest BCUT2D eigenvalue weighted by atomic mass is 127. The van der Waals surface area contributed by atoms with Crippen LogP contribution >= 0.6 is 34.4 Å². The van der Waals surface area contributed by atoms with Gasteiger partial charge in [0.2, 0.25) is 5.91 Å². The lowest BCUT2D eigenvalue weighted by Crippen LogP contribution is -2.20. The maximum absolute atomic E-state index is 12.1. The van der Waals surface area contributed by atoms with Crippen LogP contribution in [0.25, 0.3) is 0 Å². The number of rotatable bonds is 5. The molecule has 2 aromatic rings. The molecule has 0 aliphatic carbocycles. The Hall–Kier alpha value is -1.35. The number of benzene rings is 1. The van der Waals surface area contributed by atoms with Crippen LogP contribution in [0.5, 0.6) is 0 Å². The molecule has 7 heteroatoms. The highest BCUT2D eigenvalue weighted by Crippen LogP contribution is 2.17. The van der Waals surface area contributed by atoms with Crippen LogP contribution in [0.2, 0.25) is 0 Å². The van der Waals surface area contributed by atoms with Crippen molar-refractivity contribution in [2.75, 3.05) is 11.6 Å². The molecule has 5 nitrogen and oxygen atoms in total. The van der Waals surface area contributed by atoms with Crippen LogP contribution in [0.15, 0.2) is 28.2 Å². The van der Waals surface area contributed by atoms with Gasteiger partial charge in [-0.05, 0) is 66.8 Å². The molecule has 0 aliphatic heterocycles. The minimum atomic E-state index is -0.167. The fraction of sp³-hybridized carbons (Fsp3) is 0.312. The number of nitrogens with one attached hydrogen (secondary N) is 2. The van der Waals surface area contributed by atoms with E-state index in [4.69, 9.17) is 0 Å². The van der Waals surface area contributed by atoms with Gasteiger partial charge in [0.05, 0.1) is 0 Å². The number of anilines is 1. The number of halogens is 1. The zero-order valence-corrected chi connectivity index (χ0v) is 16.2. The molecule has 0 saturated heterocycles. The smallest absolute Gasteiger partial charge is 0.254 e. The number of carbonyl (C=O) groups is 1. The Labute approximate surface area is 152 Å². The number of aromatic nitrogens is 2. The highest BCUT2D eigenvalue weighted by molar-refractivity contribution is 14.1. The minimum Gasteiger partial charge on any atom is -0.326 e. The van der Waals surface area contributed by atoms with Gasteiger partial charge in [-0.1, -0.05) is 17.8 Å². The normalized spacial score (nSPS) is 10.6. The molecule has 0 saturated carbocycles. The van der Waals surface area contributed by atoms with Gasteiger partial charge in [0.25, 0.3) is 5.56 Å². The van der Waals surface area contributed by atoms with Crippen LogP contribution < -0.4 is 10.9 Å². The first-order chi connectivity index (χ1) is 10.9. The minimum absolute atomic E-state index is 0.114. The Morgan fingerprint density at radius 2 is 2.13 bits per heavy atom. The second-order valence-corrected chi connectivity index (χ2v) is 7.11. The average molecular weight is 443 g/mol.